The molecule has 1 aromatic carbocycles. The number of hydrogen-bond acceptors (Lipinski definition) is 2. The van der Waals surface area contributed by atoms with Gasteiger partial charge in [-0.15, -0.1) is 0 Å². The van der Waals surface area contributed by atoms with Crippen LogP contribution in [-0.2, 0) is 5.41 Å². The summed E-state index contributed by atoms with van der Waals surface area (Å²) in [5.41, 5.74) is 1.97. The van der Waals surface area contributed by atoms with E-state index < -0.39 is 0 Å². The Balaban J connectivity index is 0.00000172. The maximum atomic E-state index is 9.32. The van der Waals surface area contributed by atoms with Crippen molar-refractivity contribution in [2.45, 2.75) is 40.0 Å². The summed E-state index contributed by atoms with van der Waals surface area (Å²) in [6.07, 6.45) is 5.44. The van der Waals surface area contributed by atoms with E-state index in [4.69, 9.17) is 5.11 Å². The Hall–Kier alpha value is -1.96. The van der Waals surface area contributed by atoms with E-state index in [-0.39, 0.29) is 16.9 Å². The minimum Gasteiger partial charge on any atom is -0.509 e. The van der Waals surface area contributed by atoms with Crippen LogP contribution in [0.2, 0.25) is 0 Å². The summed E-state index contributed by atoms with van der Waals surface area (Å²) in [6.45, 7) is 13.6. The third kappa shape index (κ3) is 4.96. The molecule has 0 atom stereocenters. The number of aliphatic hydroxyl groups excluding tert-OH is 1. The zero-order chi connectivity index (χ0) is 15.8. The summed E-state index contributed by atoms with van der Waals surface area (Å²) in [4.78, 5) is 0. The van der Waals surface area contributed by atoms with E-state index >= 15 is 0 Å². The second-order valence-corrected chi connectivity index (χ2v) is 4.74. The van der Waals surface area contributed by atoms with Crippen molar-refractivity contribution in [1.82, 2.24) is 0 Å². The Morgan fingerprint density at radius 3 is 2.00 bits per heavy atom. The lowest BCUT2D eigenvalue weighted by atomic mass is 9.77. The van der Waals surface area contributed by atoms with Crippen molar-refractivity contribution in [3.8, 4) is 5.75 Å². The molecule has 0 spiro atoms. The highest BCUT2D eigenvalue weighted by atomic mass is 16.3. The molecule has 1 rings (SSSR count). The van der Waals surface area contributed by atoms with Gasteiger partial charge in [0.15, 0.2) is 0 Å². The Kier molecular flexibility index (Phi) is 7.45. The van der Waals surface area contributed by atoms with Crippen LogP contribution in [0, 0.1) is 0 Å². The predicted octanol–water partition coefficient (Wildman–Crippen LogP) is 5.27. The number of hydrogen-bond donors (Lipinski definition) is 2. The predicted molar refractivity (Wildman–Crippen MR) is 87.1 cm³/mol. The molecule has 2 N–H and O–H groups in total. The fraction of sp³-hybridized carbons (Fsp3) is 0.333. The number of phenols is 1. The van der Waals surface area contributed by atoms with Crippen LogP contribution in [-0.4, -0.2) is 10.2 Å². The standard InChI is InChI=1S/C16H20O2.C2H6/c1-5-13(7-6-12(2)17)16(3,4)14-8-10-15(18)11-9-14;1-2/h5-11,17-18H,2H2,1,3-4H3;1-2H3/b7-6-,13-5+;. The smallest absolute Gasteiger partial charge is 0.115 e. The van der Waals surface area contributed by atoms with Gasteiger partial charge in [-0.1, -0.05) is 58.6 Å². The average molecular weight is 274 g/mol. The zero-order valence-corrected chi connectivity index (χ0v) is 13.1. The van der Waals surface area contributed by atoms with Crippen LogP contribution in [0.1, 0.15) is 40.2 Å². The molecule has 0 aliphatic rings. The lowest BCUT2D eigenvalue weighted by molar-refractivity contribution is 0.435. The second-order valence-electron chi connectivity index (χ2n) is 4.74. The molecule has 0 heterocycles. The summed E-state index contributed by atoms with van der Waals surface area (Å²) in [5, 5.41) is 18.4. The van der Waals surface area contributed by atoms with Crippen molar-refractivity contribution in [2.24, 2.45) is 0 Å². The van der Waals surface area contributed by atoms with E-state index in [1.165, 1.54) is 0 Å². The van der Waals surface area contributed by atoms with E-state index in [2.05, 4.69) is 20.4 Å². The molecule has 0 saturated heterocycles. The first-order valence-corrected chi connectivity index (χ1v) is 6.90. The molecule has 20 heavy (non-hydrogen) atoms. The highest BCUT2D eigenvalue weighted by molar-refractivity contribution is 5.42. The van der Waals surface area contributed by atoms with Gasteiger partial charge in [-0.05, 0) is 36.3 Å². The van der Waals surface area contributed by atoms with Crippen molar-refractivity contribution in [3.63, 3.8) is 0 Å². The highest BCUT2D eigenvalue weighted by Crippen LogP contribution is 2.33. The first kappa shape index (κ1) is 18.0. The van der Waals surface area contributed by atoms with Crippen LogP contribution in [0.5, 0.6) is 5.75 Å². The number of rotatable bonds is 4. The van der Waals surface area contributed by atoms with Crippen LogP contribution in [0.3, 0.4) is 0 Å². The van der Waals surface area contributed by atoms with Gasteiger partial charge >= 0.3 is 0 Å². The van der Waals surface area contributed by atoms with E-state index in [0.717, 1.165) is 11.1 Å². The molecule has 0 amide bonds. The van der Waals surface area contributed by atoms with Crippen LogP contribution < -0.4 is 0 Å². The molecule has 0 aliphatic heterocycles. The van der Waals surface area contributed by atoms with Gasteiger partial charge < -0.3 is 10.2 Å². The van der Waals surface area contributed by atoms with Gasteiger partial charge in [-0.3, -0.25) is 0 Å². The fourth-order valence-electron chi connectivity index (χ4n) is 1.90. The summed E-state index contributed by atoms with van der Waals surface area (Å²) < 4.78 is 0. The summed E-state index contributed by atoms with van der Waals surface area (Å²) in [7, 11) is 0. The lowest BCUT2D eigenvalue weighted by Crippen LogP contribution is -2.19. The molecule has 0 fully saturated rings. The monoisotopic (exact) mass is 274 g/mol. The van der Waals surface area contributed by atoms with Crippen molar-refractivity contribution in [2.75, 3.05) is 0 Å². The largest absolute Gasteiger partial charge is 0.509 e. The van der Waals surface area contributed by atoms with E-state index in [1.54, 1.807) is 18.2 Å². The first-order chi connectivity index (χ1) is 9.37. The SMILES string of the molecule is C=C(O)/C=C\C(=C/C)C(C)(C)c1ccc(O)cc1.CC. The van der Waals surface area contributed by atoms with Gasteiger partial charge in [-0.25, -0.2) is 0 Å². The van der Waals surface area contributed by atoms with Gasteiger partial charge in [0.1, 0.15) is 11.5 Å². The summed E-state index contributed by atoms with van der Waals surface area (Å²) in [5.74, 6) is 0.298. The zero-order valence-electron chi connectivity index (χ0n) is 13.1. The Morgan fingerprint density at radius 2 is 1.60 bits per heavy atom. The van der Waals surface area contributed by atoms with Crippen molar-refractivity contribution >= 4 is 0 Å². The quantitative estimate of drug-likeness (QED) is 0.580. The number of aliphatic hydroxyl groups is 1. The summed E-state index contributed by atoms with van der Waals surface area (Å²) >= 11 is 0. The van der Waals surface area contributed by atoms with E-state index in [0.29, 0.717) is 0 Å². The molecule has 0 aromatic heterocycles. The number of phenolic OH excluding ortho intramolecular Hbond substituents is 1. The molecule has 0 saturated carbocycles. The molecule has 0 aliphatic carbocycles. The minimum absolute atomic E-state index is 0.0378. The highest BCUT2D eigenvalue weighted by Gasteiger charge is 2.23. The molecule has 0 bridgehead atoms. The van der Waals surface area contributed by atoms with Crippen molar-refractivity contribution in [3.05, 3.63) is 66.0 Å². The van der Waals surface area contributed by atoms with Crippen LogP contribution >= 0.6 is 0 Å². The van der Waals surface area contributed by atoms with Gasteiger partial charge in [-0.2, -0.15) is 0 Å². The van der Waals surface area contributed by atoms with Gasteiger partial charge in [0.25, 0.3) is 0 Å². The molecule has 2 heteroatoms. The normalized spacial score (nSPS) is 11.9. The third-order valence-corrected chi connectivity index (χ3v) is 3.08. The summed E-state index contributed by atoms with van der Waals surface area (Å²) in [6, 6.07) is 7.17. The van der Waals surface area contributed by atoms with E-state index in [1.807, 2.05) is 45.1 Å². The number of allylic oxidation sites excluding steroid dienone is 4. The van der Waals surface area contributed by atoms with E-state index in [9.17, 15) is 5.11 Å². The van der Waals surface area contributed by atoms with Gasteiger partial charge in [0.2, 0.25) is 0 Å². The fourth-order valence-corrected chi connectivity index (χ4v) is 1.90. The number of aromatic hydroxyl groups is 1. The number of benzene rings is 1. The maximum absolute atomic E-state index is 9.32. The molecule has 0 unspecified atom stereocenters. The molecule has 110 valence electrons. The van der Waals surface area contributed by atoms with Crippen molar-refractivity contribution in [1.29, 1.82) is 0 Å². The topological polar surface area (TPSA) is 40.5 Å². The molecular formula is C18H26O2. The van der Waals surface area contributed by atoms with Crippen molar-refractivity contribution < 1.29 is 10.2 Å². The van der Waals surface area contributed by atoms with Gasteiger partial charge in [0.05, 0.1) is 0 Å². The van der Waals surface area contributed by atoms with Crippen LogP contribution in [0.25, 0.3) is 0 Å². The average Bonchev–Trinajstić information content (AvgIpc) is 2.41. The molecule has 0 radical (unpaired) electrons. The first-order valence-electron chi connectivity index (χ1n) is 6.90. The molecule has 2 nitrogen and oxygen atoms in total. The third-order valence-electron chi connectivity index (χ3n) is 3.08. The Labute approximate surface area is 122 Å². The Bertz CT molecular complexity index is 477. The van der Waals surface area contributed by atoms with Crippen LogP contribution in [0.4, 0.5) is 0 Å². The lowest BCUT2D eigenvalue weighted by Gasteiger charge is -2.27. The van der Waals surface area contributed by atoms with Gasteiger partial charge in [0, 0.05) is 5.41 Å². The second kappa shape index (κ2) is 8.26. The Morgan fingerprint density at radius 1 is 1.10 bits per heavy atom. The molecule has 1 aromatic rings. The maximum Gasteiger partial charge on any atom is 0.115 e. The molecular weight excluding hydrogens is 248 g/mol. The minimum atomic E-state index is -0.200. The van der Waals surface area contributed by atoms with Crippen LogP contribution in [0.15, 0.2) is 60.4 Å².